The van der Waals surface area contributed by atoms with Gasteiger partial charge in [0.05, 0.1) is 25.4 Å². The first kappa shape index (κ1) is 22.8. The summed E-state index contributed by atoms with van der Waals surface area (Å²) in [4.78, 5) is 67.7. The number of primary amides is 2. The van der Waals surface area contributed by atoms with Crippen LogP contribution >= 0.6 is 0 Å². The van der Waals surface area contributed by atoms with E-state index < -0.39 is 73.0 Å². The number of carboxylic acid groups (broad SMARTS) is 1. The Labute approximate surface area is 148 Å². The van der Waals surface area contributed by atoms with Gasteiger partial charge in [-0.3, -0.25) is 28.8 Å². The molecule has 0 aromatic heterocycles. The maximum Gasteiger partial charge on any atom is 0.325 e. The van der Waals surface area contributed by atoms with Crippen LogP contribution in [0.15, 0.2) is 0 Å². The minimum Gasteiger partial charge on any atom is -0.480 e. The molecule has 0 fully saturated rings. The van der Waals surface area contributed by atoms with Crippen LogP contribution in [0.2, 0.25) is 0 Å². The first-order chi connectivity index (χ1) is 11.9. The summed E-state index contributed by atoms with van der Waals surface area (Å²) < 4.78 is 0. The third-order valence-corrected chi connectivity index (χ3v) is 2.97. The van der Waals surface area contributed by atoms with E-state index in [2.05, 4.69) is 16.0 Å². The largest absolute Gasteiger partial charge is 0.480 e. The summed E-state index contributed by atoms with van der Waals surface area (Å²) in [5.41, 5.74) is 15.3. The quantitative estimate of drug-likeness (QED) is 0.185. The fraction of sp³-hybridized carbons (Fsp3) is 0.538. The highest BCUT2D eigenvalue weighted by atomic mass is 16.4. The zero-order valence-corrected chi connectivity index (χ0v) is 14.0. The SMILES string of the molecule is CC(NC(=O)C(CC(N)=O)NC(=O)CNC(=O)C(N)CC(N)=O)C(=O)O. The number of rotatable bonds is 11. The Morgan fingerprint density at radius 3 is 1.92 bits per heavy atom. The van der Waals surface area contributed by atoms with Crippen molar-refractivity contribution in [3.05, 3.63) is 0 Å². The van der Waals surface area contributed by atoms with Crippen molar-refractivity contribution in [1.82, 2.24) is 16.0 Å². The third kappa shape index (κ3) is 9.17. The zero-order chi connectivity index (χ0) is 20.4. The van der Waals surface area contributed by atoms with Gasteiger partial charge < -0.3 is 38.3 Å². The topological polar surface area (TPSA) is 237 Å². The van der Waals surface area contributed by atoms with Crippen molar-refractivity contribution in [2.24, 2.45) is 17.2 Å². The Bertz CT molecular complexity index is 594. The summed E-state index contributed by atoms with van der Waals surface area (Å²) in [6, 6.07) is -3.94. The zero-order valence-electron chi connectivity index (χ0n) is 14.0. The normalized spacial score (nSPS) is 13.6. The van der Waals surface area contributed by atoms with Gasteiger partial charge in [-0.2, -0.15) is 0 Å². The van der Waals surface area contributed by atoms with Crippen LogP contribution in [0, 0.1) is 0 Å². The first-order valence-corrected chi connectivity index (χ1v) is 7.36. The molecule has 3 unspecified atom stereocenters. The summed E-state index contributed by atoms with van der Waals surface area (Å²) in [6.07, 6.45) is -1.01. The molecule has 0 aliphatic carbocycles. The maximum absolute atomic E-state index is 11.9. The van der Waals surface area contributed by atoms with Crippen molar-refractivity contribution in [1.29, 1.82) is 0 Å². The standard InChI is InChI=1S/C13H22N6O7/c1-5(13(25)26)18-12(24)7(3-9(16)21)19-10(22)4-17-11(23)6(14)2-8(15)20/h5-7H,2-4,14H2,1H3,(H2,15,20)(H2,16,21)(H,17,23)(H,18,24)(H,19,22)(H,25,26). The van der Waals surface area contributed by atoms with Crippen LogP contribution in [-0.2, 0) is 28.8 Å². The summed E-state index contributed by atoms with van der Waals surface area (Å²) in [7, 11) is 0. The average Bonchev–Trinajstić information content (AvgIpc) is 2.50. The summed E-state index contributed by atoms with van der Waals surface area (Å²) >= 11 is 0. The third-order valence-electron chi connectivity index (χ3n) is 2.97. The second-order valence-corrected chi connectivity index (χ2v) is 5.35. The lowest BCUT2D eigenvalue weighted by atomic mass is 10.1. The van der Waals surface area contributed by atoms with Crippen molar-refractivity contribution in [3.63, 3.8) is 0 Å². The van der Waals surface area contributed by atoms with Crippen molar-refractivity contribution in [3.8, 4) is 0 Å². The van der Waals surface area contributed by atoms with E-state index in [4.69, 9.17) is 22.3 Å². The molecule has 0 spiro atoms. The van der Waals surface area contributed by atoms with Crippen LogP contribution in [-0.4, -0.2) is 65.3 Å². The molecule has 146 valence electrons. The Hall–Kier alpha value is -3.22. The smallest absolute Gasteiger partial charge is 0.325 e. The van der Waals surface area contributed by atoms with Gasteiger partial charge in [0.1, 0.15) is 12.1 Å². The molecule has 0 heterocycles. The molecule has 0 saturated heterocycles. The highest BCUT2D eigenvalue weighted by molar-refractivity contribution is 5.95. The van der Waals surface area contributed by atoms with Crippen LogP contribution in [0.4, 0.5) is 0 Å². The molecule has 0 saturated carbocycles. The Morgan fingerprint density at radius 2 is 1.46 bits per heavy atom. The first-order valence-electron chi connectivity index (χ1n) is 7.36. The van der Waals surface area contributed by atoms with E-state index in [0.717, 1.165) is 0 Å². The molecule has 5 amide bonds. The lowest BCUT2D eigenvalue weighted by Gasteiger charge is -2.19. The van der Waals surface area contributed by atoms with Gasteiger partial charge in [-0.15, -0.1) is 0 Å². The van der Waals surface area contributed by atoms with Crippen molar-refractivity contribution in [2.75, 3.05) is 6.54 Å². The molecular formula is C13H22N6O7. The molecule has 0 aromatic rings. The van der Waals surface area contributed by atoms with Crippen LogP contribution in [0.3, 0.4) is 0 Å². The number of hydrogen-bond donors (Lipinski definition) is 7. The highest BCUT2D eigenvalue weighted by Gasteiger charge is 2.26. The van der Waals surface area contributed by atoms with E-state index in [0.29, 0.717) is 0 Å². The lowest BCUT2D eigenvalue weighted by Crippen LogP contribution is -2.54. The number of hydrogen-bond acceptors (Lipinski definition) is 7. The van der Waals surface area contributed by atoms with E-state index >= 15 is 0 Å². The summed E-state index contributed by atoms with van der Waals surface area (Å²) in [5.74, 6) is -5.67. The maximum atomic E-state index is 11.9. The second kappa shape index (κ2) is 10.6. The van der Waals surface area contributed by atoms with Gasteiger partial charge in [0.2, 0.25) is 29.5 Å². The molecule has 0 aliphatic heterocycles. The molecule has 26 heavy (non-hydrogen) atoms. The van der Waals surface area contributed by atoms with Crippen LogP contribution in [0.1, 0.15) is 19.8 Å². The van der Waals surface area contributed by atoms with Crippen LogP contribution < -0.4 is 33.2 Å². The van der Waals surface area contributed by atoms with Gasteiger partial charge in [0.15, 0.2) is 0 Å². The predicted octanol–water partition coefficient (Wildman–Crippen LogP) is -4.75. The molecule has 0 bridgehead atoms. The van der Waals surface area contributed by atoms with Crippen LogP contribution in [0.25, 0.3) is 0 Å². The highest BCUT2D eigenvalue weighted by Crippen LogP contribution is 1.95. The van der Waals surface area contributed by atoms with E-state index in [1.807, 2.05) is 0 Å². The van der Waals surface area contributed by atoms with Crippen molar-refractivity contribution >= 4 is 35.5 Å². The average molecular weight is 374 g/mol. The number of aliphatic carboxylic acids is 1. The van der Waals surface area contributed by atoms with Crippen molar-refractivity contribution < 1.29 is 33.9 Å². The monoisotopic (exact) mass is 374 g/mol. The molecule has 13 nitrogen and oxygen atoms in total. The molecule has 3 atom stereocenters. The Kier molecular flexibility index (Phi) is 9.29. The molecule has 0 radical (unpaired) electrons. The fourth-order valence-electron chi connectivity index (χ4n) is 1.64. The number of amides is 5. The van der Waals surface area contributed by atoms with E-state index in [1.54, 1.807) is 0 Å². The number of nitrogens with two attached hydrogens (primary N) is 3. The summed E-state index contributed by atoms with van der Waals surface area (Å²) in [6.45, 7) is 0.575. The Balaban J connectivity index is 4.70. The molecule has 0 aliphatic rings. The fourth-order valence-corrected chi connectivity index (χ4v) is 1.64. The molecule has 0 aromatic carbocycles. The number of nitrogens with one attached hydrogen (secondary N) is 3. The van der Waals surface area contributed by atoms with E-state index in [9.17, 15) is 28.8 Å². The number of carbonyl (C=O) groups is 6. The predicted molar refractivity (Wildman–Crippen MR) is 85.8 cm³/mol. The van der Waals surface area contributed by atoms with Crippen LogP contribution in [0.5, 0.6) is 0 Å². The van der Waals surface area contributed by atoms with Crippen molar-refractivity contribution in [2.45, 2.75) is 37.9 Å². The molecule has 10 N–H and O–H groups in total. The molecule has 13 heteroatoms. The minimum absolute atomic E-state index is 0.423. The second-order valence-electron chi connectivity index (χ2n) is 5.35. The lowest BCUT2D eigenvalue weighted by molar-refractivity contribution is -0.141. The number of carboxylic acids is 1. The minimum atomic E-state index is -1.43. The summed E-state index contributed by atoms with van der Waals surface area (Å²) in [5, 5.41) is 15.1. The Morgan fingerprint density at radius 1 is 0.923 bits per heavy atom. The van der Waals surface area contributed by atoms with Gasteiger partial charge >= 0.3 is 5.97 Å². The van der Waals surface area contributed by atoms with E-state index in [-0.39, 0.29) is 0 Å². The van der Waals surface area contributed by atoms with Gasteiger partial charge in [0, 0.05) is 0 Å². The van der Waals surface area contributed by atoms with Gasteiger partial charge in [-0.25, -0.2) is 0 Å². The van der Waals surface area contributed by atoms with Gasteiger partial charge in [-0.1, -0.05) is 0 Å². The van der Waals surface area contributed by atoms with Gasteiger partial charge in [-0.05, 0) is 6.92 Å². The number of carbonyl (C=O) groups excluding carboxylic acids is 5. The molecule has 0 rings (SSSR count). The molecular weight excluding hydrogens is 352 g/mol. The van der Waals surface area contributed by atoms with Gasteiger partial charge in [0.25, 0.3) is 0 Å². The van der Waals surface area contributed by atoms with E-state index in [1.165, 1.54) is 6.92 Å².